The Morgan fingerprint density at radius 3 is 3.06 bits per heavy atom. The molecule has 0 aliphatic carbocycles. The smallest absolute Gasteiger partial charge is 0.127 e. The maximum absolute atomic E-state index is 14.3. The van der Waals surface area contributed by atoms with E-state index < -0.39 is 6.17 Å². The molecular weight excluding hydrogens is 245 g/mol. The minimum absolute atomic E-state index is 0.568. The molecule has 0 saturated carbocycles. The summed E-state index contributed by atoms with van der Waals surface area (Å²) in [5, 5.41) is 5.35. The van der Waals surface area contributed by atoms with Crippen molar-refractivity contribution in [2.75, 3.05) is 11.9 Å². The summed E-state index contributed by atoms with van der Waals surface area (Å²) >= 11 is 1.70. The molecule has 0 fully saturated rings. The quantitative estimate of drug-likeness (QED) is 0.862. The van der Waals surface area contributed by atoms with Crippen LogP contribution < -0.4 is 5.32 Å². The Hall–Kier alpha value is -1.35. The highest BCUT2D eigenvalue weighted by Crippen LogP contribution is 2.34. The summed E-state index contributed by atoms with van der Waals surface area (Å²) in [6.07, 6.45) is 1.54. The van der Waals surface area contributed by atoms with E-state index in [0.29, 0.717) is 6.42 Å². The average Bonchev–Trinajstić information content (AvgIpc) is 3.05. The molecule has 18 heavy (non-hydrogen) atoms. The first-order valence-electron chi connectivity index (χ1n) is 6.36. The zero-order chi connectivity index (χ0) is 12.4. The van der Waals surface area contributed by atoms with Gasteiger partial charge in [0.05, 0.1) is 0 Å². The van der Waals surface area contributed by atoms with Crippen LogP contribution in [0.4, 0.5) is 10.1 Å². The van der Waals surface area contributed by atoms with Crippen LogP contribution in [0.2, 0.25) is 0 Å². The Bertz CT molecular complexity index is 521. The molecule has 0 amide bonds. The Morgan fingerprint density at radius 2 is 2.22 bits per heavy atom. The molecule has 1 aliphatic rings. The summed E-state index contributed by atoms with van der Waals surface area (Å²) in [6.45, 7) is 0.935. The molecule has 1 nitrogen and oxygen atoms in total. The molecule has 1 N–H and O–H groups in total. The van der Waals surface area contributed by atoms with Gasteiger partial charge in [-0.25, -0.2) is 4.39 Å². The van der Waals surface area contributed by atoms with Crippen molar-refractivity contribution in [1.82, 2.24) is 0 Å². The normalized spacial score (nSPS) is 15.2. The molecule has 2 aromatic rings. The van der Waals surface area contributed by atoms with Crippen molar-refractivity contribution in [1.29, 1.82) is 0 Å². The number of alkyl halides is 1. The number of nitrogens with one attached hydrogen (secondary N) is 1. The van der Waals surface area contributed by atoms with Crippen LogP contribution in [0.3, 0.4) is 0 Å². The maximum Gasteiger partial charge on any atom is 0.127 e. The number of benzene rings is 1. The second-order valence-corrected chi connectivity index (χ2v) is 5.68. The number of fused-ring (bicyclic) bond motifs is 1. The largest absolute Gasteiger partial charge is 0.384 e. The highest BCUT2D eigenvalue weighted by atomic mass is 32.1. The molecule has 1 aromatic heterocycles. The molecule has 3 rings (SSSR count). The standard InChI is InChI=1S/C15H16FNS/c16-14(7-6-12-4-2-10-18-12)13-5-1-3-11-8-9-17-15(11)13/h1-5,10,14,17H,6-9H2. The Morgan fingerprint density at radius 1 is 1.28 bits per heavy atom. The molecule has 0 bridgehead atoms. The van der Waals surface area contributed by atoms with Gasteiger partial charge in [-0.05, 0) is 36.3 Å². The van der Waals surface area contributed by atoms with Crippen LogP contribution in [-0.4, -0.2) is 6.54 Å². The molecule has 0 radical (unpaired) electrons. The van der Waals surface area contributed by atoms with Crippen LogP contribution in [0.1, 0.15) is 28.6 Å². The summed E-state index contributed by atoms with van der Waals surface area (Å²) in [4.78, 5) is 1.26. The van der Waals surface area contributed by atoms with Gasteiger partial charge in [0.25, 0.3) is 0 Å². The summed E-state index contributed by atoms with van der Waals surface area (Å²) in [7, 11) is 0. The Kier molecular flexibility index (Phi) is 3.33. The van der Waals surface area contributed by atoms with Crippen molar-refractivity contribution >= 4 is 17.0 Å². The first kappa shape index (κ1) is 11.7. The van der Waals surface area contributed by atoms with E-state index in [9.17, 15) is 4.39 Å². The van der Waals surface area contributed by atoms with E-state index in [1.165, 1.54) is 10.4 Å². The average molecular weight is 261 g/mol. The van der Waals surface area contributed by atoms with Crippen molar-refractivity contribution in [3.05, 3.63) is 51.7 Å². The van der Waals surface area contributed by atoms with Gasteiger partial charge in [-0.15, -0.1) is 11.3 Å². The molecule has 94 valence electrons. The van der Waals surface area contributed by atoms with Gasteiger partial charge in [-0.1, -0.05) is 24.3 Å². The number of halogens is 1. The molecular formula is C15H16FNS. The fourth-order valence-electron chi connectivity index (χ4n) is 2.51. The predicted molar refractivity (Wildman–Crippen MR) is 75.1 cm³/mol. The second-order valence-electron chi connectivity index (χ2n) is 4.64. The third-order valence-corrected chi connectivity index (χ3v) is 4.38. The van der Waals surface area contributed by atoms with Crippen LogP contribution >= 0.6 is 11.3 Å². The summed E-state index contributed by atoms with van der Waals surface area (Å²) in [5.74, 6) is 0. The Labute approximate surface area is 111 Å². The van der Waals surface area contributed by atoms with E-state index in [4.69, 9.17) is 0 Å². The fraction of sp³-hybridized carbons (Fsp3) is 0.333. The van der Waals surface area contributed by atoms with E-state index in [0.717, 1.165) is 30.6 Å². The molecule has 3 heteroatoms. The lowest BCUT2D eigenvalue weighted by Crippen LogP contribution is -2.00. The number of aryl methyl sites for hydroxylation is 1. The number of para-hydroxylation sites is 1. The minimum atomic E-state index is -0.868. The van der Waals surface area contributed by atoms with Crippen molar-refractivity contribution < 1.29 is 4.39 Å². The van der Waals surface area contributed by atoms with Gasteiger partial charge < -0.3 is 5.32 Å². The Balaban J connectivity index is 1.72. The maximum atomic E-state index is 14.3. The zero-order valence-corrected chi connectivity index (χ0v) is 11.0. The van der Waals surface area contributed by atoms with Crippen molar-refractivity contribution in [3.8, 4) is 0 Å². The van der Waals surface area contributed by atoms with Gasteiger partial charge in [-0.2, -0.15) is 0 Å². The zero-order valence-electron chi connectivity index (χ0n) is 10.2. The number of rotatable bonds is 4. The topological polar surface area (TPSA) is 12.0 Å². The molecule has 0 saturated heterocycles. The van der Waals surface area contributed by atoms with Crippen LogP contribution in [0.25, 0.3) is 0 Å². The minimum Gasteiger partial charge on any atom is -0.384 e. The third-order valence-electron chi connectivity index (χ3n) is 3.44. The van der Waals surface area contributed by atoms with E-state index in [-0.39, 0.29) is 0 Å². The first-order chi connectivity index (χ1) is 8.84. The van der Waals surface area contributed by atoms with E-state index in [1.807, 2.05) is 23.6 Å². The lowest BCUT2D eigenvalue weighted by atomic mass is 10.0. The number of hydrogen-bond acceptors (Lipinski definition) is 2. The monoisotopic (exact) mass is 261 g/mol. The van der Waals surface area contributed by atoms with Crippen LogP contribution in [0, 0.1) is 0 Å². The van der Waals surface area contributed by atoms with Gasteiger partial charge >= 0.3 is 0 Å². The molecule has 1 aliphatic heterocycles. The van der Waals surface area contributed by atoms with Gasteiger partial charge in [0.2, 0.25) is 0 Å². The number of anilines is 1. The molecule has 1 aromatic carbocycles. The van der Waals surface area contributed by atoms with Gasteiger partial charge in [0.15, 0.2) is 0 Å². The molecule has 2 heterocycles. The van der Waals surface area contributed by atoms with E-state index in [1.54, 1.807) is 11.3 Å². The van der Waals surface area contributed by atoms with E-state index in [2.05, 4.69) is 17.4 Å². The third kappa shape index (κ3) is 2.27. The van der Waals surface area contributed by atoms with Crippen molar-refractivity contribution in [2.45, 2.75) is 25.4 Å². The molecule has 1 atom stereocenters. The van der Waals surface area contributed by atoms with Gasteiger partial charge in [0, 0.05) is 22.7 Å². The first-order valence-corrected chi connectivity index (χ1v) is 7.24. The fourth-order valence-corrected chi connectivity index (χ4v) is 3.23. The summed E-state index contributed by atoms with van der Waals surface area (Å²) < 4.78 is 14.3. The van der Waals surface area contributed by atoms with Crippen LogP contribution in [0.15, 0.2) is 35.7 Å². The second kappa shape index (κ2) is 5.11. The number of thiophene rings is 1. The van der Waals surface area contributed by atoms with Crippen molar-refractivity contribution in [2.24, 2.45) is 0 Å². The van der Waals surface area contributed by atoms with Gasteiger partial charge in [-0.3, -0.25) is 0 Å². The highest BCUT2D eigenvalue weighted by Gasteiger charge is 2.19. The summed E-state index contributed by atoms with van der Waals surface area (Å²) in [6, 6.07) is 10.1. The highest BCUT2D eigenvalue weighted by molar-refractivity contribution is 7.09. The lowest BCUT2D eigenvalue weighted by Gasteiger charge is -2.13. The van der Waals surface area contributed by atoms with E-state index >= 15 is 0 Å². The predicted octanol–water partition coefficient (Wildman–Crippen LogP) is 4.36. The lowest BCUT2D eigenvalue weighted by molar-refractivity contribution is 0.325. The molecule has 0 spiro atoms. The van der Waals surface area contributed by atoms with Crippen LogP contribution in [0.5, 0.6) is 0 Å². The molecule has 1 unspecified atom stereocenters. The van der Waals surface area contributed by atoms with Crippen LogP contribution in [-0.2, 0) is 12.8 Å². The SMILES string of the molecule is FC(CCc1cccs1)c1cccc2c1NCC2. The van der Waals surface area contributed by atoms with Crippen molar-refractivity contribution in [3.63, 3.8) is 0 Å². The van der Waals surface area contributed by atoms with Gasteiger partial charge in [0.1, 0.15) is 6.17 Å². The number of hydrogen-bond donors (Lipinski definition) is 1. The summed E-state index contributed by atoms with van der Waals surface area (Å²) in [5.41, 5.74) is 3.13.